The molecule has 2 aromatic carbocycles. The summed E-state index contributed by atoms with van der Waals surface area (Å²) in [5, 5.41) is 33.9. The fourth-order valence-corrected chi connectivity index (χ4v) is 5.38. The maximum Gasteiger partial charge on any atom is 0.305 e. The number of phenols is 1. The summed E-state index contributed by atoms with van der Waals surface area (Å²) in [7, 11) is 1.46. The summed E-state index contributed by atoms with van der Waals surface area (Å²) in [5.41, 5.74) is 12.4. The van der Waals surface area contributed by atoms with E-state index in [2.05, 4.69) is 31.9 Å². The van der Waals surface area contributed by atoms with Gasteiger partial charge in [-0.1, -0.05) is 52.0 Å². The molecule has 0 saturated carbocycles. The Morgan fingerprint density at radius 3 is 1.65 bits per heavy atom. The zero-order valence-corrected chi connectivity index (χ0v) is 32.8. The van der Waals surface area contributed by atoms with E-state index < -0.39 is 108 Å². The van der Waals surface area contributed by atoms with E-state index in [0.29, 0.717) is 16.9 Å². The predicted octanol–water partition coefficient (Wildman–Crippen LogP) is -1.65. The molecule has 2 aromatic rings. The van der Waals surface area contributed by atoms with Gasteiger partial charge in [-0.05, 0) is 60.6 Å². The first kappa shape index (κ1) is 46.9. The number of ether oxygens (including phenoxy) is 1. The average molecular weight is 799 g/mol. The summed E-state index contributed by atoms with van der Waals surface area (Å²) in [6.45, 7) is 7.36. The minimum absolute atomic E-state index is 0.0374. The fraction of sp³-hybridized carbons (Fsp3) is 0.474. The third kappa shape index (κ3) is 15.8. The highest BCUT2D eigenvalue weighted by molar-refractivity contribution is 5.98. The number of nitrogens with two attached hydrogens (primary N) is 2. The molecule has 0 bridgehead atoms. The van der Waals surface area contributed by atoms with Crippen molar-refractivity contribution in [2.24, 2.45) is 23.3 Å². The van der Waals surface area contributed by atoms with Gasteiger partial charge < -0.3 is 58.3 Å². The van der Waals surface area contributed by atoms with Gasteiger partial charge in [0.1, 0.15) is 41.7 Å². The molecule has 19 nitrogen and oxygen atoms in total. The van der Waals surface area contributed by atoms with Gasteiger partial charge in [0.2, 0.25) is 41.4 Å². The molecule has 0 aliphatic carbocycles. The maximum absolute atomic E-state index is 13.8. The molecule has 0 unspecified atom stereocenters. The van der Waals surface area contributed by atoms with Gasteiger partial charge in [0.15, 0.2) is 0 Å². The lowest BCUT2D eigenvalue weighted by molar-refractivity contribution is -0.141. The zero-order valence-electron chi connectivity index (χ0n) is 32.8. The molecule has 12 N–H and O–H groups in total. The molecule has 2 rings (SSSR count). The van der Waals surface area contributed by atoms with Gasteiger partial charge in [-0.2, -0.15) is 0 Å². The number of aliphatic carboxylic acids is 1. The number of aromatic hydroxyl groups is 1. The standard InChI is InChI=1S/C38H54N8O11/c1-19(2)31(37(55)41-18-29(40)48)46-38(56)32(20(3)4)45-36(54)28(17-30(49)50)44-35(53)27(16-23-9-13-25(57-6)14-10-23)43-33(51)21(5)42-34(52)26(39)15-22-7-11-24(47)12-8-22/h7-14,19-21,26-28,31-32,47H,15-18,39H2,1-6H3,(H2,40,48)(H,41,55)(H,42,52)(H,43,51)(H,44,53)(H,45,54)(H,46,56)(H,49,50)/t21-,26+,27+,28+,31+,32+/m1/s1. The minimum atomic E-state index is -1.74. The van der Waals surface area contributed by atoms with E-state index in [-0.39, 0.29) is 18.6 Å². The monoisotopic (exact) mass is 798 g/mol. The number of hydrogen-bond donors (Lipinski definition) is 10. The number of phenolic OH excluding ortho intramolecular Hbond substituents is 1. The van der Waals surface area contributed by atoms with Gasteiger partial charge in [0, 0.05) is 6.42 Å². The molecule has 6 atom stereocenters. The molecule has 0 aromatic heterocycles. The number of carboxylic acid groups (broad SMARTS) is 1. The van der Waals surface area contributed by atoms with Crippen molar-refractivity contribution >= 4 is 47.3 Å². The van der Waals surface area contributed by atoms with E-state index in [1.54, 1.807) is 64.1 Å². The second-order valence-corrected chi connectivity index (χ2v) is 14.1. The quantitative estimate of drug-likeness (QED) is 0.0641. The molecule has 0 spiro atoms. The van der Waals surface area contributed by atoms with E-state index >= 15 is 0 Å². The Kier molecular flexibility index (Phi) is 18.4. The molecule has 312 valence electrons. The van der Waals surface area contributed by atoms with E-state index in [1.807, 2.05) is 0 Å². The van der Waals surface area contributed by atoms with Crippen molar-refractivity contribution in [2.75, 3.05) is 13.7 Å². The number of hydrogen-bond acceptors (Lipinski definition) is 11. The summed E-state index contributed by atoms with van der Waals surface area (Å²) in [5.74, 6) is -7.74. The van der Waals surface area contributed by atoms with Crippen molar-refractivity contribution < 1.29 is 53.3 Å². The van der Waals surface area contributed by atoms with Crippen LogP contribution in [0.2, 0.25) is 0 Å². The number of carbonyl (C=O) groups excluding carboxylic acids is 7. The van der Waals surface area contributed by atoms with Gasteiger partial charge in [-0.25, -0.2) is 0 Å². The molecular weight excluding hydrogens is 744 g/mol. The second-order valence-electron chi connectivity index (χ2n) is 14.1. The first-order valence-electron chi connectivity index (χ1n) is 18.2. The zero-order chi connectivity index (χ0) is 43.0. The number of primary amides is 1. The van der Waals surface area contributed by atoms with Crippen molar-refractivity contribution in [1.29, 1.82) is 0 Å². The van der Waals surface area contributed by atoms with Crippen LogP contribution in [0.5, 0.6) is 11.5 Å². The second kappa shape index (κ2) is 22.3. The van der Waals surface area contributed by atoms with Gasteiger partial charge in [0.25, 0.3) is 0 Å². The number of benzene rings is 2. The smallest absolute Gasteiger partial charge is 0.305 e. The van der Waals surface area contributed by atoms with Gasteiger partial charge in [-0.15, -0.1) is 0 Å². The molecule has 0 radical (unpaired) electrons. The lowest BCUT2D eigenvalue weighted by atomic mass is 9.99. The van der Waals surface area contributed by atoms with Crippen LogP contribution >= 0.6 is 0 Å². The van der Waals surface area contributed by atoms with Crippen molar-refractivity contribution in [3.63, 3.8) is 0 Å². The number of amides is 7. The Balaban J connectivity index is 2.28. The summed E-state index contributed by atoms with van der Waals surface area (Å²) in [6, 6.07) is 4.71. The van der Waals surface area contributed by atoms with Crippen LogP contribution in [-0.4, -0.2) is 107 Å². The molecule has 0 aliphatic heterocycles. The fourth-order valence-electron chi connectivity index (χ4n) is 5.38. The highest BCUT2D eigenvalue weighted by Crippen LogP contribution is 2.14. The highest BCUT2D eigenvalue weighted by atomic mass is 16.5. The van der Waals surface area contributed by atoms with Gasteiger partial charge in [-0.3, -0.25) is 38.4 Å². The SMILES string of the molecule is COc1ccc(C[C@H](NC(=O)[C@@H](C)NC(=O)[C@@H](N)Cc2ccc(O)cc2)C(=O)N[C@@H](CC(=O)O)C(=O)N[C@H](C(=O)N[C@H](C(=O)NCC(N)=O)C(C)C)C(C)C)cc1. The lowest BCUT2D eigenvalue weighted by Crippen LogP contribution is -2.61. The molecule has 7 amide bonds. The first-order valence-corrected chi connectivity index (χ1v) is 18.2. The number of carbonyl (C=O) groups is 8. The molecule has 19 heteroatoms. The highest BCUT2D eigenvalue weighted by Gasteiger charge is 2.35. The summed E-state index contributed by atoms with van der Waals surface area (Å²) in [6.07, 6.45) is -0.960. The van der Waals surface area contributed by atoms with Crippen LogP contribution < -0.4 is 48.1 Å². The Morgan fingerprint density at radius 1 is 0.632 bits per heavy atom. The third-order valence-electron chi connectivity index (χ3n) is 8.66. The van der Waals surface area contributed by atoms with E-state index in [0.717, 1.165) is 0 Å². The van der Waals surface area contributed by atoms with Crippen molar-refractivity contribution in [2.45, 2.75) is 90.1 Å². The first-order chi connectivity index (χ1) is 26.7. The minimum Gasteiger partial charge on any atom is -0.508 e. The van der Waals surface area contributed by atoms with Gasteiger partial charge >= 0.3 is 5.97 Å². The average Bonchev–Trinajstić information content (AvgIpc) is 3.14. The topological polar surface area (TPSA) is 310 Å². The van der Waals surface area contributed by atoms with Crippen LogP contribution in [0.4, 0.5) is 0 Å². The molecule has 0 heterocycles. The van der Waals surface area contributed by atoms with E-state index in [9.17, 15) is 48.6 Å². The van der Waals surface area contributed by atoms with Crippen LogP contribution in [0.15, 0.2) is 48.5 Å². The molecule has 57 heavy (non-hydrogen) atoms. The normalized spacial score (nSPS) is 14.1. The van der Waals surface area contributed by atoms with Crippen molar-refractivity contribution in [3.8, 4) is 11.5 Å². The maximum atomic E-state index is 13.8. The summed E-state index contributed by atoms with van der Waals surface area (Å²) < 4.78 is 5.19. The molecule has 0 saturated heterocycles. The van der Waals surface area contributed by atoms with Crippen molar-refractivity contribution in [3.05, 3.63) is 59.7 Å². The summed E-state index contributed by atoms with van der Waals surface area (Å²) in [4.78, 5) is 103. The van der Waals surface area contributed by atoms with Gasteiger partial charge in [0.05, 0.1) is 26.1 Å². The van der Waals surface area contributed by atoms with Crippen LogP contribution in [0, 0.1) is 11.8 Å². The Bertz CT molecular complexity index is 1730. The number of carboxylic acids is 1. The molecule has 0 fully saturated rings. The Hall–Kier alpha value is -6.24. The van der Waals surface area contributed by atoms with E-state index in [1.165, 1.54) is 26.2 Å². The lowest BCUT2D eigenvalue weighted by Gasteiger charge is -2.29. The number of nitrogens with one attached hydrogen (secondary N) is 6. The van der Waals surface area contributed by atoms with Crippen LogP contribution in [0.3, 0.4) is 0 Å². The van der Waals surface area contributed by atoms with E-state index in [4.69, 9.17) is 16.2 Å². The molecular formula is C38H54N8O11. The predicted molar refractivity (Wildman–Crippen MR) is 206 cm³/mol. The van der Waals surface area contributed by atoms with Crippen LogP contribution in [0.25, 0.3) is 0 Å². The third-order valence-corrected chi connectivity index (χ3v) is 8.66. The number of methoxy groups -OCH3 is 1. The number of rotatable bonds is 22. The largest absolute Gasteiger partial charge is 0.508 e. The van der Waals surface area contributed by atoms with Crippen LogP contribution in [0.1, 0.15) is 52.2 Å². The summed E-state index contributed by atoms with van der Waals surface area (Å²) >= 11 is 0. The van der Waals surface area contributed by atoms with Crippen molar-refractivity contribution in [1.82, 2.24) is 31.9 Å². The van der Waals surface area contributed by atoms with Crippen LogP contribution in [-0.2, 0) is 51.2 Å². The Labute approximate surface area is 330 Å². The molecule has 0 aliphatic rings. The Morgan fingerprint density at radius 2 is 1.12 bits per heavy atom.